The summed E-state index contributed by atoms with van der Waals surface area (Å²) in [6.07, 6.45) is 1.60. The normalized spacial score (nSPS) is 17.4. The van der Waals surface area contributed by atoms with E-state index in [1.54, 1.807) is 25.3 Å². The molecule has 2 aromatic rings. The van der Waals surface area contributed by atoms with Crippen molar-refractivity contribution in [1.82, 2.24) is 9.62 Å². The maximum absolute atomic E-state index is 13.1. The van der Waals surface area contributed by atoms with E-state index in [1.165, 1.54) is 12.1 Å². The topological polar surface area (TPSA) is 65.8 Å². The van der Waals surface area contributed by atoms with Crippen LogP contribution in [-0.4, -0.2) is 51.8 Å². The zero-order valence-corrected chi connectivity index (χ0v) is 15.6. The molecule has 6 nitrogen and oxygen atoms in total. The summed E-state index contributed by atoms with van der Waals surface area (Å²) >= 11 is 0. The van der Waals surface area contributed by atoms with Crippen LogP contribution in [0.15, 0.2) is 47.1 Å². The SMILES string of the molecule is CCS(=O)(=O)NC[C@@H](c1ccco1)N1CCN(c2ccc(F)cc2)CC1. The number of nitrogens with one attached hydrogen (secondary N) is 1. The van der Waals surface area contributed by atoms with E-state index < -0.39 is 10.0 Å². The summed E-state index contributed by atoms with van der Waals surface area (Å²) < 4.78 is 44.9. The third-order valence-corrected chi connectivity index (χ3v) is 6.06. The lowest BCUT2D eigenvalue weighted by molar-refractivity contribution is 0.166. The average molecular weight is 381 g/mol. The van der Waals surface area contributed by atoms with Crippen LogP contribution in [0.2, 0.25) is 0 Å². The highest BCUT2D eigenvalue weighted by Gasteiger charge is 2.28. The number of halogens is 1. The van der Waals surface area contributed by atoms with Crippen molar-refractivity contribution in [2.45, 2.75) is 13.0 Å². The molecule has 0 bridgehead atoms. The van der Waals surface area contributed by atoms with Gasteiger partial charge in [-0.2, -0.15) is 0 Å². The highest BCUT2D eigenvalue weighted by molar-refractivity contribution is 7.89. The van der Waals surface area contributed by atoms with E-state index in [2.05, 4.69) is 14.5 Å². The highest BCUT2D eigenvalue weighted by Crippen LogP contribution is 2.24. The van der Waals surface area contributed by atoms with Crippen molar-refractivity contribution in [3.63, 3.8) is 0 Å². The average Bonchev–Trinajstić information content (AvgIpc) is 3.17. The van der Waals surface area contributed by atoms with Crippen LogP contribution in [0.25, 0.3) is 0 Å². The quantitative estimate of drug-likeness (QED) is 0.797. The molecule has 1 aliphatic rings. The third-order valence-electron chi connectivity index (χ3n) is 4.70. The predicted octanol–water partition coefficient (Wildman–Crippen LogP) is 2.22. The molecule has 3 rings (SSSR count). The number of nitrogens with zero attached hydrogens (tertiary/aromatic N) is 2. The molecule has 0 amide bonds. The fraction of sp³-hybridized carbons (Fsp3) is 0.444. The van der Waals surface area contributed by atoms with Gasteiger partial charge in [-0.15, -0.1) is 0 Å². The van der Waals surface area contributed by atoms with Gasteiger partial charge in [-0.3, -0.25) is 4.90 Å². The molecule has 8 heteroatoms. The Morgan fingerprint density at radius 2 is 1.85 bits per heavy atom. The van der Waals surface area contributed by atoms with Crippen LogP contribution in [0.5, 0.6) is 0 Å². The number of piperazine rings is 1. The Labute approximate surface area is 153 Å². The Bertz CT molecular complexity index is 786. The Hall–Kier alpha value is -1.90. The van der Waals surface area contributed by atoms with E-state index in [9.17, 15) is 12.8 Å². The van der Waals surface area contributed by atoms with E-state index in [-0.39, 0.29) is 24.2 Å². The van der Waals surface area contributed by atoms with Crippen molar-refractivity contribution in [1.29, 1.82) is 0 Å². The molecule has 0 aliphatic carbocycles. The number of anilines is 1. The van der Waals surface area contributed by atoms with E-state index in [4.69, 9.17) is 4.42 Å². The summed E-state index contributed by atoms with van der Waals surface area (Å²) in [4.78, 5) is 4.42. The molecular formula is C18H24FN3O3S. The van der Waals surface area contributed by atoms with E-state index >= 15 is 0 Å². The number of hydrogen-bond acceptors (Lipinski definition) is 5. The fourth-order valence-electron chi connectivity index (χ4n) is 3.14. The first-order valence-electron chi connectivity index (χ1n) is 8.74. The number of benzene rings is 1. The Balaban J connectivity index is 1.66. The summed E-state index contributed by atoms with van der Waals surface area (Å²) in [7, 11) is -3.27. The van der Waals surface area contributed by atoms with Crippen molar-refractivity contribution in [2.75, 3.05) is 43.4 Å². The van der Waals surface area contributed by atoms with Crippen LogP contribution in [0.4, 0.5) is 10.1 Å². The molecule has 0 radical (unpaired) electrons. The summed E-state index contributed by atoms with van der Waals surface area (Å²) in [6.45, 7) is 4.98. The van der Waals surface area contributed by atoms with Gasteiger partial charge in [0.2, 0.25) is 10.0 Å². The fourth-order valence-corrected chi connectivity index (χ4v) is 3.76. The zero-order chi connectivity index (χ0) is 18.6. The maximum atomic E-state index is 13.1. The molecular weight excluding hydrogens is 357 g/mol. The molecule has 1 fully saturated rings. The monoisotopic (exact) mass is 381 g/mol. The van der Waals surface area contributed by atoms with Gasteiger partial charge in [-0.05, 0) is 43.3 Å². The molecule has 1 aliphatic heterocycles. The second-order valence-electron chi connectivity index (χ2n) is 6.28. The number of furan rings is 1. The number of rotatable bonds is 7. The molecule has 142 valence electrons. The molecule has 0 unspecified atom stereocenters. The van der Waals surface area contributed by atoms with Gasteiger partial charge in [-0.25, -0.2) is 17.5 Å². The summed E-state index contributed by atoms with van der Waals surface area (Å²) in [5, 5.41) is 0. The maximum Gasteiger partial charge on any atom is 0.211 e. The van der Waals surface area contributed by atoms with Crippen molar-refractivity contribution >= 4 is 15.7 Å². The van der Waals surface area contributed by atoms with Gasteiger partial charge in [0.1, 0.15) is 11.6 Å². The van der Waals surface area contributed by atoms with Crippen molar-refractivity contribution in [2.24, 2.45) is 0 Å². The first-order chi connectivity index (χ1) is 12.5. The lowest BCUT2D eigenvalue weighted by atomic mass is 10.1. The van der Waals surface area contributed by atoms with E-state index in [0.717, 1.165) is 37.6 Å². The Kier molecular flexibility index (Phi) is 5.95. The van der Waals surface area contributed by atoms with Gasteiger partial charge in [0.05, 0.1) is 18.1 Å². The largest absolute Gasteiger partial charge is 0.468 e. The van der Waals surface area contributed by atoms with Gasteiger partial charge in [0, 0.05) is 38.4 Å². The van der Waals surface area contributed by atoms with Crippen molar-refractivity contribution < 1.29 is 17.2 Å². The van der Waals surface area contributed by atoms with Crippen LogP contribution in [0.1, 0.15) is 18.7 Å². The van der Waals surface area contributed by atoms with Gasteiger partial charge in [0.15, 0.2) is 0 Å². The molecule has 0 saturated carbocycles. The highest BCUT2D eigenvalue weighted by atomic mass is 32.2. The van der Waals surface area contributed by atoms with E-state index in [0.29, 0.717) is 0 Å². The minimum absolute atomic E-state index is 0.0518. The number of hydrogen-bond donors (Lipinski definition) is 1. The molecule has 1 aromatic carbocycles. The lowest BCUT2D eigenvalue weighted by Gasteiger charge is -2.39. The molecule has 26 heavy (non-hydrogen) atoms. The zero-order valence-electron chi connectivity index (χ0n) is 14.8. The Morgan fingerprint density at radius 1 is 1.15 bits per heavy atom. The number of sulfonamides is 1. The smallest absolute Gasteiger partial charge is 0.211 e. The van der Waals surface area contributed by atoms with Crippen LogP contribution in [0.3, 0.4) is 0 Å². The molecule has 1 atom stereocenters. The van der Waals surface area contributed by atoms with E-state index in [1.807, 2.05) is 12.1 Å². The third kappa shape index (κ3) is 4.63. The predicted molar refractivity (Wildman–Crippen MR) is 99.1 cm³/mol. The van der Waals surface area contributed by atoms with Crippen molar-refractivity contribution in [3.05, 3.63) is 54.2 Å². The van der Waals surface area contributed by atoms with Gasteiger partial charge < -0.3 is 9.32 Å². The molecule has 2 heterocycles. The molecule has 0 spiro atoms. The summed E-state index contributed by atoms with van der Waals surface area (Å²) in [6, 6.07) is 10.0. The van der Waals surface area contributed by atoms with Gasteiger partial charge >= 0.3 is 0 Å². The summed E-state index contributed by atoms with van der Waals surface area (Å²) in [5.74, 6) is 0.559. The first-order valence-corrected chi connectivity index (χ1v) is 10.4. The van der Waals surface area contributed by atoms with Crippen LogP contribution in [-0.2, 0) is 10.0 Å². The van der Waals surface area contributed by atoms with Gasteiger partial charge in [-0.1, -0.05) is 0 Å². The second-order valence-corrected chi connectivity index (χ2v) is 8.38. The molecule has 1 saturated heterocycles. The van der Waals surface area contributed by atoms with Crippen LogP contribution in [0, 0.1) is 5.82 Å². The van der Waals surface area contributed by atoms with Crippen LogP contribution >= 0.6 is 0 Å². The molecule has 1 N–H and O–H groups in total. The van der Waals surface area contributed by atoms with Crippen LogP contribution < -0.4 is 9.62 Å². The first kappa shape index (κ1) is 18.9. The Morgan fingerprint density at radius 3 is 2.42 bits per heavy atom. The standard InChI is InChI=1S/C18H24FN3O3S/c1-2-26(23,24)20-14-17(18-4-3-13-25-18)22-11-9-21(10-12-22)16-7-5-15(19)6-8-16/h3-8,13,17,20H,2,9-12,14H2,1H3/t17-/m0/s1. The molecule has 1 aromatic heterocycles. The van der Waals surface area contributed by atoms with Crippen molar-refractivity contribution in [3.8, 4) is 0 Å². The lowest BCUT2D eigenvalue weighted by Crippen LogP contribution is -2.49. The minimum Gasteiger partial charge on any atom is -0.468 e. The summed E-state index contributed by atoms with van der Waals surface area (Å²) in [5.41, 5.74) is 0.993. The van der Waals surface area contributed by atoms with Gasteiger partial charge in [0.25, 0.3) is 0 Å². The minimum atomic E-state index is -3.27. The second kappa shape index (κ2) is 8.20.